The number of ether oxygens (including phenoxy) is 3. The first-order valence-corrected chi connectivity index (χ1v) is 28.4. The molecule has 0 aromatic carbocycles. The first-order valence-electron chi connectivity index (χ1n) is 28.4. The van der Waals surface area contributed by atoms with Crippen LogP contribution in [0.25, 0.3) is 0 Å². The maximum absolute atomic E-state index is 12.8. The van der Waals surface area contributed by atoms with Crippen LogP contribution in [-0.4, -0.2) is 37.2 Å². The zero-order valence-electron chi connectivity index (χ0n) is 43.0. The molecule has 6 nitrogen and oxygen atoms in total. The number of carbonyl (C=O) groups is 3. The fourth-order valence-corrected chi connectivity index (χ4v) is 8.72. The van der Waals surface area contributed by atoms with E-state index < -0.39 is 6.10 Å². The summed E-state index contributed by atoms with van der Waals surface area (Å²) in [5.74, 6) is 0.0319. The molecule has 0 N–H and O–H groups in total. The van der Waals surface area contributed by atoms with Gasteiger partial charge in [-0.3, -0.25) is 14.4 Å². The highest BCUT2D eigenvalue weighted by molar-refractivity contribution is 5.71. The van der Waals surface area contributed by atoms with Gasteiger partial charge in [-0.15, -0.1) is 0 Å². The topological polar surface area (TPSA) is 78.9 Å². The molecule has 0 rings (SSSR count). The van der Waals surface area contributed by atoms with E-state index in [1.54, 1.807) is 0 Å². The Morgan fingerprint density at radius 2 is 0.556 bits per heavy atom. The van der Waals surface area contributed by atoms with E-state index in [2.05, 4.69) is 27.7 Å². The average Bonchev–Trinajstić information content (AvgIpc) is 3.28. The molecule has 374 valence electrons. The average molecular weight is 892 g/mol. The summed E-state index contributed by atoms with van der Waals surface area (Å²) >= 11 is 0. The molecule has 2 atom stereocenters. The van der Waals surface area contributed by atoms with Crippen LogP contribution in [0.1, 0.15) is 323 Å². The summed E-state index contributed by atoms with van der Waals surface area (Å²) in [6.45, 7) is 9.07. The van der Waals surface area contributed by atoms with Gasteiger partial charge in [0, 0.05) is 19.3 Å². The van der Waals surface area contributed by atoms with Gasteiger partial charge in [-0.05, 0) is 25.2 Å². The Morgan fingerprint density at radius 1 is 0.317 bits per heavy atom. The van der Waals surface area contributed by atoms with E-state index in [0.29, 0.717) is 19.3 Å². The van der Waals surface area contributed by atoms with E-state index in [-0.39, 0.29) is 31.1 Å². The van der Waals surface area contributed by atoms with Crippen molar-refractivity contribution in [1.29, 1.82) is 0 Å². The van der Waals surface area contributed by atoms with Crippen molar-refractivity contribution in [1.82, 2.24) is 0 Å². The quantitative estimate of drug-likeness (QED) is 0.0344. The van der Waals surface area contributed by atoms with Crippen molar-refractivity contribution in [3.05, 3.63) is 0 Å². The Morgan fingerprint density at radius 3 is 0.825 bits per heavy atom. The van der Waals surface area contributed by atoms with Gasteiger partial charge in [0.15, 0.2) is 6.10 Å². The molecule has 0 radical (unpaired) electrons. The number of hydrogen-bond acceptors (Lipinski definition) is 6. The van der Waals surface area contributed by atoms with Crippen LogP contribution in [-0.2, 0) is 28.6 Å². The first-order chi connectivity index (χ1) is 30.9. The molecule has 0 fully saturated rings. The second-order valence-electron chi connectivity index (χ2n) is 19.8. The molecule has 1 unspecified atom stereocenters. The maximum Gasteiger partial charge on any atom is 0.306 e. The molecule has 0 aliphatic carbocycles. The predicted molar refractivity (Wildman–Crippen MR) is 270 cm³/mol. The molecule has 63 heavy (non-hydrogen) atoms. The zero-order chi connectivity index (χ0) is 45.9. The molecule has 0 aromatic heterocycles. The standard InChI is InChI=1S/C57H110O6/c1-5-8-10-12-14-16-18-20-21-22-23-24-26-27-32-36-40-44-48-55(58)61-51-54(63-57(60)50-46-42-38-34-28-25-19-17-15-13-11-9-6-2)52-62-56(59)49-45-41-37-33-30-29-31-35-39-43-47-53(4)7-3/h53-54H,5-52H2,1-4H3/t53?,54-/m0/s1. The van der Waals surface area contributed by atoms with Gasteiger partial charge in [0.25, 0.3) is 0 Å². The highest BCUT2D eigenvalue weighted by Gasteiger charge is 2.19. The van der Waals surface area contributed by atoms with E-state index in [9.17, 15) is 14.4 Å². The van der Waals surface area contributed by atoms with E-state index in [4.69, 9.17) is 14.2 Å². The lowest BCUT2D eigenvalue weighted by molar-refractivity contribution is -0.167. The van der Waals surface area contributed by atoms with Crippen molar-refractivity contribution in [3.8, 4) is 0 Å². The predicted octanol–water partition coefficient (Wildman–Crippen LogP) is 18.6. The molecular weight excluding hydrogens is 781 g/mol. The maximum atomic E-state index is 12.8. The molecule has 0 aliphatic heterocycles. The molecule has 0 amide bonds. The van der Waals surface area contributed by atoms with Gasteiger partial charge in [0.2, 0.25) is 0 Å². The smallest absolute Gasteiger partial charge is 0.306 e. The lowest BCUT2D eigenvalue weighted by atomic mass is 9.99. The van der Waals surface area contributed by atoms with Gasteiger partial charge in [0.05, 0.1) is 0 Å². The second-order valence-corrected chi connectivity index (χ2v) is 19.8. The molecule has 0 aromatic rings. The van der Waals surface area contributed by atoms with Crippen LogP contribution in [0.3, 0.4) is 0 Å². The van der Waals surface area contributed by atoms with Gasteiger partial charge in [0.1, 0.15) is 13.2 Å². The van der Waals surface area contributed by atoms with Crippen LogP contribution < -0.4 is 0 Å². The number of esters is 3. The minimum absolute atomic E-state index is 0.0621. The zero-order valence-corrected chi connectivity index (χ0v) is 43.0. The Kier molecular flexibility index (Phi) is 50.1. The first kappa shape index (κ1) is 61.4. The highest BCUT2D eigenvalue weighted by Crippen LogP contribution is 2.18. The lowest BCUT2D eigenvalue weighted by Crippen LogP contribution is -2.30. The molecule has 0 bridgehead atoms. The van der Waals surface area contributed by atoms with Crippen molar-refractivity contribution in [3.63, 3.8) is 0 Å². The van der Waals surface area contributed by atoms with Crippen LogP contribution in [0.2, 0.25) is 0 Å². The molecule has 0 spiro atoms. The summed E-state index contributed by atoms with van der Waals surface area (Å²) in [6.07, 6.45) is 55.1. The van der Waals surface area contributed by atoms with Gasteiger partial charge < -0.3 is 14.2 Å². The SMILES string of the molecule is CCCCCCCCCCCCCCCCCCCCC(=O)OC[C@@H](COC(=O)CCCCCCCCCCCCC(C)CC)OC(=O)CCCCCCCCCCCCCCC. The Balaban J connectivity index is 4.28. The van der Waals surface area contributed by atoms with Crippen LogP contribution >= 0.6 is 0 Å². The molecule has 0 saturated carbocycles. The molecule has 0 aliphatic rings. The second kappa shape index (κ2) is 51.4. The molecule has 0 saturated heterocycles. The lowest BCUT2D eigenvalue weighted by Gasteiger charge is -2.18. The van der Waals surface area contributed by atoms with Crippen molar-refractivity contribution >= 4 is 17.9 Å². The van der Waals surface area contributed by atoms with E-state index in [0.717, 1.165) is 63.7 Å². The number of carbonyl (C=O) groups excluding carboxylic acids is 3. The highest BCUT2D eigenvalue weighted by atomic mass is 16.6. The van der Waals surface area contributed by atoms with Crippen LogP contribution in [0.5, 0.6) is 0 Å². The third-order valence-electron chi connectivity index (χ3n) is 13.4. The minimum Gasteiger partial charge on any atom is -0.462 e. The van der Waals surface area contributed by atoms with Crippen molar-refractivity contribution in [2.45, 2.75) is 329 Å². The third kappa shape index (κ3) is 49.7. The minimum atomic E-state index is -0.761. The molecule has 6 heteroatoms. The molecule has 0 heterocycles. The number of rotatable bonds is 52. The Bertz CT molecular complexity index is 951. The van der Waals surface area contributed by atoms with E-state index >= 15 is 0 Å². The Hall–Kier alpha value is -1.59. The van der Waals surface area contributed by atoms with Gasteiger partial charge in [-0.1, -0.05) is 285 Å². The summed E-state index contributed by atoms with van der Waals surface area (Å²) in [6, 6.07) is 0. The third-order valence-corrected chi connectivity index (χ3v) is 13.4. The van der Waals surface area contributed by atoms with Crippen molar-refractivity contribution < 1.29 is 28.6 Å². The van der Waals surface area contributed by atoms with Gasteiger partial charge >= 0.3 is 17.9 Å². The Labute approximate surface area is 393 Å². The van der Waals surface area contributed by atoms with Crippen molar-refractivity contribution in [2.24, 2.45) is 5.92 Å². The summed E-state index contributed by atoms with van der Waals surface area (Å²) in [5, 5.41) is 0. The fraction of sp³-hybridized carbons (Fsp3) is 0.947. The van der Waals surface area contributed by atoms with Crippen LogP contribution in [0.15, 0.2) is 0 Å². The largest absolute Gasteiger partial charge is 0.462 e. The number of hydrogen-bond donors (Lipinski definition) is 0. The van der Waals surface area contributed by atoms with Crippen molar-refractivity contribution in [2.75, 3.05) is 13.2 Å². The number of unbranched alkanes of at least 4 members (excludes halogenated alkanes) is 38. The molecular formula is C57H110O6. The summed E-state index contributed by atoms with van der Waals surface area (Å²) in [4.78, 5) is 38.1. The van der Waals surface area contributed by atoms with Gasteiger partial charge in [-0.25, -0.2) is 0 Å². The van der Waals surface area contributed by atoms with E-state index in [1.165, 1.54) is 218 Å². The summed E-state index contributed by atoms with van der Waals surface area (Å²) in [7, 11) is 0. The normalized spacial score (nSPS) is 12.4. The summed E-state index contributed by atoms with van der Waals surface area (Å²) < 4.78 is 16.9. The van der Waals surface area contributed by atoms with Crippen LogP contribution in [0.4, 0.5) is 0 Å². The van der Waals surface area contributed by atoms with Gasteiger partial charge in [-0.2, -0.15) is 0 Å². The van der Waals surface area contributed by atoms with Crippen LogP contribution in [0, 0.1) is 5.92 Å². The summed E-state index contributed by atoms with van der Waals surface area (Å²) in [5.41, 5.74) is 0. The fourth-order valence-electron chi connectivity index (χ4n) is 8.72. The van der Waals surface area contributed by atoms with E-state index in [1.807, 2.05) is 0 Å². The monoisotopic (exact) mass is 891 g/mol.